The highest BCUT2D eigenvalue weighted by Gasteiger charge is 2.02. The van der Waals surface area contributed by atoms with E-state index >= 15 is 0 Å². The molecular weight excluding hydrogens is 268 g/mol. The lowest BCUT2D eigenvalue weighted by molar-refractivity contribution is 1.33. The van der Waals surface area contributed by atoms with Gasteiger partial charge in [0.05, 0.1) is 0 Å². The van der Waals surface area contributed by atoms with Gasteiger partial charge < -0.3 is 0 Å². The highest BCUT2D eigenvalue weighted by Crippen LogP contribution is 2.27. The fraction of sp³-hybridized carbons (Fsp3) is 0. The Kier molecular flexibility index (Phi) is 3.13. The molecule has 2 aromatic heterocycles. The van der Waals surface area contributed by atoms with E-state index in [0.29, 0.717) is 0 Å². The number of pyridine rings is 2. The standard InChI is InChI=1S/C20H14N2/c1-3-19(13-21-9-1)17-7-5-16-12-18(8-6-15(16)11-17)20-4-2-10-22-14-20/h1-14H. The van der Waals surface area contributed by atoms with Crippen LogP contribution in [0.3, 0.4) is 0 Å². The van der Waals surface area contributed by atoms with Gasteiger partial charge in [-0.3, -0.25) is 9.97 Å². The molecule has 2 aromatic carbocycles. The number of aromatic nitrogens is 2. The van der Waals surface area contributed by atoms with E-state index in [1.54, 1.807) is 12.4 Å². The van der Waals surface area contributed by atoms with Crippen LogP contribution in [-0.4, -0.2) is 9.97 Å². The molecular formula is C20H14N2. The summed E-state index contributed by atoms with van der Waals surface area (Å²) in [4.78, 5) is 8.38. The monoisotopic (exact) mass is 282 g/mol. The maximum atomic E-state index is 4.19. The van der Waals surface area contributed by atoms with Crippen molar-refractivity contribution in [1.29, 1.82) is 0 Å². The predicted molar refractivity (Wildman–Crippen MR) is 90.4 cm³/mol. The van der Waals surface area contributed by atoms with Gasteiger partial charge in [0.15, 0.2) is 0 Å². The largest absolute Gasteiger partial charge is 0.264 e. The van der Waals surface area contributed by atoms with Gasteiger partial charge in [0.2, 0.25) is 0 Å². The Hall–Kier alpha value is -3.00. The number of benzene rings is 2. The molecule has 0 N–H and O–H groups in total. The second kappa shape index (κ2) is 5.41. The van der Waals surface area contributed by atoms with E-state index in [0.717, 1.165) is 11.1 Å². The SMILES string of the molecule is c1cncc(-c2ccc3cc(-c4cccnc4)ccc3c2)c1. The molecule has 0 bridgehead atoms. The molecule has 0 unspecified atom stereocenters. The first kappa shape index (κ1) is 12.7. The lowest BCUT2D eigenvalue weighted by atomic mass is 9.99. The zero-order valence-corrected chi connectivity index (χ0v) is 12.0. The van der Waals surface area contributed by atoms with E-state index in [2.05, 4.69) is 58.5 Å². The highest BCUT2D eigenvalue weighted by molar-refractivity contribution is 5.90. The zero-order valence-electron chi connectivity index (χ0n) is 12.0. The topological polar surface area (TPSA) is 25.8 Å². The van der Waals surface area contributed by atoms with Crippen molar-refractivity contribution in [3.63, 3.8) is 0 Å². The van der Waals surface area contributed by atoms with Crippen molar-refractivity contribution >= 4 is 10.8 Å². The minimum absolute atomic E-state index is 1.14. The van der Waals surface area contributed by atoms with Gasteiger partial charge in [0, 0.05) is 35.9 Å². The van der Waals surface area contributed by atoms with Crippen molar-refractivity contribution in [2.75, 3.05) is 0 Å². The van der Waals surface area contributed by atoms with Gasteiger partial charge in [-0.2, -0.15) is 0 Å². The van der Waals surface area contributed by atoms with Crippen LogP contribution in [0.5, 0.6) is 0 Å². The summed E-state index contributed by atoms with van der Waals surface area (Å²) in [5.41, 5.74) is 4.66. The first-order valence-corrected chi connectivity index (χ1v) is 7.25. The molecule has 2 heteroatoms. The zero-order chi connectivity index (χ0) is 14.8. The van der Waals surface area contributed by atoms with E-state index in [4.69, 9.17) is 0 Å². The Labute approximate surface area is 129 Å². The second-order valence-corrected chi connectivity index (χ2v) is 5.26. The Bertz CT molecular complexity index is 837. The molecule has 4 rings (SSSR count). The summed E-state index contributed by atoms with van der Waals surface area (Å²) >= 11 is 0. The van der Waals surface area contributed by atoms with Crippen molar-refractivity contribution in [3.05, 3.63) is 85.5 Å². The molecule has 0 spiro atoms. The van der Waals surface area contributed by atoms with Crippen LogP contribution in [0.25, 0.3) is 33.0 Å². The average Bonchev–Trinajstić information content (AvgIpc) is 2.62. The molecule has 0 aliphatic rings. The van der Waals surface area contributed by atoms with Gasteiger partial charge in [0.25, 0.3) is 0 Å². The van der Waals surface area contributed by atoms with Crippen LogP contribution in [0.2, 0.25) is 0 Å². The third-order valence-corrected chi connectivity index (χ3v) is 3.83. The summed E-state index contributed by atoms with van der Waals surface area (Å²) in [6, 6.07) is 21.1. The summed E-state index contributed by atoms with van der Waals surface area (Å²) in [7, 11) is 0. The molecule has 2 heterocycles. The van der Waals surface area contributed by atoms with Crippen LogP contribution in [-0.2, 0) is 0 Å². The van der Waals surface area contributed by atoms with Crippen molar-refractivity contribution in [3.8, 4) is 22.3 Å². The number of hydrogen-bond acceptors (Lipinski definition) is 2. The van der Waals surface area contributed by atoms with E-state index < -0.39 is 0 Å². The summed E-state index contributed by atoms with van der Waals surface area (Å²) in [6.07, 6.45) is 7.38. The first-order valence-electron chi connectivity index (χ1n) is 7.25. The molecule has 0 saturated heterocycles. The third-order valence-electron chi connectivity index (χ3n) is 3.83. The van der Waals surface area contributed by atoms with Crippen molar-refractivity contribution in [2.24, 2.45) is 0 Å². The van der Waals surface area contributed by atoms with Gasteiger partial charge in [0.1, 0.15) is 0 Å². The molecule has 104 valence electrons. The van der Waals surface area contributed by atoms with Crippen molar-refractivity contribution < 1.29 is 0 Å². The molecule has 0 saturated carbocycles. The molecule has 4 aromatic rings. The van der Waals surface area contributed by atoms with Gasteiger partial charge in [-0.1, -0.05) is 36.4 Å². The maximum absolute atomic E-state index is 4.19. The van der Waals surface area contributed by atoms with Gasteiger partial charge in [-0.15, -0.1) is 0 Å². The van der Waals surface area contributed by atoms with Gasteiger partial charge in [-0.05, 0) is 46.2 Å². The highest BCUT2D eigenvalue weighted by atomic mass is 14.6. The van der Waals surface area contributed by atoms with Crippen LogP contribution in [0, 0.1) is 0 Å². The Morgan fingerprint density at radius 3 is 1.41 bits per heavy atom. The second-order valence-electron chi connectivity index (χ2n) is 5.26. The lowest BCUT2D eigenvalue weighted by Gasteiger charge is -2.06. The molecule has 0 amide bonds. The maximum Gasteiger partial charge on any atom is 0.0346 e. The molecule has 22 heavy (non-hydrogen) atoms. The third kappa shape index (κ3) is 2.35. The van der Waals surface area contributed by atoms with Crippen LogP contribution >= 0.6 is 0 Å². The van der Waals surface area contributed by atoms with Crippen LogP contribution in [0.1, 0.15) is 0 Å². The Morgan fingerprint density at radius 2 is 1.00 bits per heavy atom. The van der Waals surface area contributed by atoms with Gasteiger partial charge >= 0.3 is 0 Å². The van der Waals surface area contributed by atoms with Crippen LogP contribution in [0.4, 0.5) is 0 Å². The van der Waals surface area contributed by atoms with E-state index in [-0.39, 0.29) is 0 Å². The predicted octanol–water partition coefficient (Wildman–Crippen LogP) is 4.96. The summed E-state index contributed by atoms with van der Waals surface area (Å²) in [5, 5.41) is 2.46. The van der Waals surface area contributed by atoms with Crippen LogP contribution in [0.15, 0.2) is 85.5 Å². The average molecular weight is 282 g/mol. The fourth-order valence-corrected chi connectivity index (χ4v) is 2.67. The minimum atomic E-state index is 1.14. The smallest absolute Gasteiger partial charge is 0.0346 e. The molecule has 0 radical (unpaired) electrons. The molecule has 0 fully saturated rings. The normalized spacial score (nSPS) is 10.7. The van der Waals surface area contributed by atoms with Gasteiger partial charge in [-0.25, -0.2) is 0 Å². The molecule has 0 aliphatic carbocycles. The molecule has 0 aliphatic heterocycles. The number of rotatable bonds is 2. The number of fused-ring (bicyclic) bond motifs is 1. The number of hydrogen-bond donors (Lipinski definition) is 0. The molecule has 2 nitrogen and oxygen atoms in total. The van der Waals surface area contributed by atoms with Crippen molar-refractivity contribution in [2.45, 2.75) is 0 Å². The summed E-state index contributed by atoms with van der Waals surface area (Å²) < 4.78 is 0. The van der Waals surface area contributed by atoms with Crippen molar-refractivity contribution in [1.82, 2.24) is 9.97 Å². The van der Waals surface area contributed by atoms with E-state index in [9.17, 15) is 0 Å². The summed E-state index contributed by atoms with van der Waals surface area (Å²) in [5.74, 6) is 0. The Balaban J connectivity index is 1.80. The fourth-order valence-electron chi connectivity index (χ4n) is 2.67. The number of nitrogens with zero attached hydrogens (tertiary/aromatic N) is 2. The van der Waals surface area contributed by atoms with E-state index in [1.165, 1.54) is 21.9 Å². The summed E-state index contributed by atoms with van der Waals surface area (Å²) in [6.45, 7) is 0. The quantitative estimate of drug-likeness (QED) is 0.519. The minimum Gasteiger partial charge on any atom is -0.264 e. The Morgan fingerprint density at radius 1 is 0.500 bits per heavy atom. The van der Waals surface area contributed by atoms with E-state index in [1.807, 2.05) is 24.5 Å². The lowest BCUT2D eigenvalue weighted by Crippen LogP contribution is -1.82. The first-order chi connectivity index (χ1) is 10.9. The molecule has 0 atom stereocenters. The van der Waals surface area contributed by atoms with Crippen LogP contribution < -0.4 is 0 Å².